The van der Waals surface area contributed by atoms with Crippen LogP contribution in [0.2, 0.25) is 0 Å². The van der Waals surface area contributed by atoms with Crippen molar-refractivity contribution in [1.82, 2.24) is 0 Å². The van der Waals surface area contributed by atoms with E-state index in [1.807, 2.05) is 36.4 Å². The van der Waals surface area contributed by atoms with E-state index in [0.717, 1.165) is 30.2 Å². The van der Waals surface area contributed by atoms with E-state index in [1.54, 1.807) is 7.11 Å². The number of amides is 1. The number of nitrogens with zero attached hydrogens (tertiary/aromatic N) is 1. The number of carbonyl (C=O) groups is 1. The van der Waals surface area contributed by atoms with E-state index in [9.17, 15) is 4.79 Å². The van der Waals surface area contributed by atoms with Gasteiger partial charge in [0.2, 0.25) is 5.91 Å². The monoisotopic (exact) mass is 325 g/mol. The van der Waals surface area contributed by atoms with Crippen molar-refractivity contribution in [2.75, 3.05) is 42.3 Å². The van der Waals surface area contributed by atoms with Gasteiger partial charge in [0.1, 0.15) is 5.75 Å². The second-order valence-electron chi connectivity index (χ2n) is 5.84. The molecule has 2 aromatic carbocycles. The van der Waals surface area contributed by atoms with Crippen LogP contribution < -0.4 is 20.3 Å². The summed E-state index contributed by atoms with van der Waals surface area (Å²) in [4.78, 5) is 14.5. The first-order valence-corrected chi connectivity index (χ1v) is 8.28. The van der Waals surface area contributed by atoms with Crippen LogP contribution >= 0.6 is 0 Å². The number of nitrogens with one attached hydrogen (secondary N) is 2. The van der Waals surface area contributed by atoms with E-state index in [-0.39, 0.29) is 12.5 Å². The lowest BCUT2D eigenvalue weighted by atomic mass is 10.2. The molecule has 3 rings (SSSR count). The maximum atomic E-state index is 12.1. The van der Waals surface area contributed by atoms with Crippen LogP contribution in [-0.2, 0) is 4.79 Å². The molecule has 1 saturated heterocycles. The molecule has 1 aliphatic heterocycles. The summed E-state index contributed by atoms with van der Waals surface area (Å²) < 4.78 is 5.26. The van der Waals surface area contributed by atoms with Crippen molar-refractivity contribution in [2.45, 2.75) is 12.8 Å². The van der Waals surface area contributed by atoms with Gasteiger partial charge in [0, 0.05) is 24.5 Å². The topological polar surface area (TPSA) is 53.6 Å². The van der Waals surface area contributed by atoms with Gasteiger partial charge in [-0.3, -0.25) is 4.79 Å². The summed E-state index contributed by atoms with van der Waals surface area (Å²) in [6.45, 7) is 2.43. The number of carbonyl (C=O) groups excluding carboxylic acids is 1. The van der Waals surface area contributed by atoms with Gasteiger partial charge in [-0.15, -0.1) is 0 Å². The van der Waals surface area contributed by atoms with Crippen LogP contribution in [-0.4, -0.2) is 32.7 Å². The number of para-hydroxylation sites is 2. The molecule has 0 unspecified atom stereocenters. The Morgan fingerprint density at radius 3 is 2.50 bits per heavy atom. The van der Waals surface area contributed by atoms with Crippen molar-refractivity contribution in [3.63, 3.8) is 0 Å². The summed E-state index contributed by atoms with van der Waals surface area (Å²) in [6, 6.07) is 15.6. The molecule has 0 bridgehead atoms. The normalized spacial score (nSPS) is 13.6. The van der Waals surface area contributed by atoms with Crippen molar-refractivity contribution in [2.24, 2.45) is 0 Å². The minimum Gasteiger partial charge on any atom is -0.495 e. The van der Waals surface area contributed by atoms with Gasteiger partial charge >= 0.3 is 0 Å². The first-order valence-electron chi connectivity index (χ1n) is 8.28. The number of benzene rings is 2. The largest absolute Gasteiger partial charge is 0.495 e. The molecule has 1 amide bonds. The first kappa shape index (κ1) is 16.2. The van der Waals surface area contributed by atoms with E-state index in [4.69, 9.17) is 4.74 Å². The highest BCUT2D eigenvalue weighted by molar-refractivity contribution is 5.94. The highest BCUT2D eigenvalue weighted by Crippen LogP contribution is 2.23. The molecule has 2 N–H and O–H groups in total. The molecule has 1 aliphatic rings. The molecular formula is C19H23N3O2. The molecule has 0 atom stereocenters. The number of rotatable bonds is 6. The summed E-state index contributed by atoms with van der Waals surface area (Å²) in [5, 5.41) is 6.00. The summed E-state index contributed by atoms with van der Waals surface area (Å²) >= 11 is 0. The Morgan fingerprint density at radius 1 is 1.08 bits per heavy atom. The van der Waals surface area contributed by atoms with Crippen molar-refractivity contribution in [3.8, 4) is 5.75 Å². The van der Waals surface area contributed by atoms with Gasteiger partial charge in [-0.25, -0.2) is 0 Å². The Hall–Kier alpha value is -2.69. The highest BCUT2D eigenvalue weighted by atomic mass is 16.5. The van der Waals surface area contributed by atoms with Gasteiger partial charge in [0.15, 0.2) is 0 Å². The fraction of sp³-hybridized carbons (Fsp3) is 0.316. The number of anilines is 3. The maximum Gasteiger partial charge on any atom is 0.243 e. The van der Waals surface area contributed by atoms with E-state index in [0.29, 0.717) is 0 Å². The van der Waals surface area contributed by atoms with Crippen LogP contribution in [0.5, 0.6) is 5.75 Å². The van der Waals surface area contributed by atoms with Crippen LogP contribution in [0.4, 0.5) is 17.1 Å². The molecule has 0 radical (unpaired) electrons. The minimum absolute atomic E-state index is 0.0881. The van der Waals surface area contributed by atoms with E-state index >= 15 is 0 Å². The predicted molar refractivity (Wildman–Crippen MR) is 98.0 cm³/mol. The van der Waals surface area contributed by atoms with Crippen LogP contribution in [0.3, 0.4) is 0 Å². The molecule has 1 heterocycles. The molecule has 0 aromatic heterocycles. The lowest BCUT2D eigenvalue weighted by Gasteiger charge is -2.18. The lowest BCUT2D eigenvalue weighted by molar-refractivity contribution is -0.114. The van der Waals surface area contributed by atoms with Crippen LogP contribution in [0.1, 0.15) is 12.8 Å². The van der Waals surface area contributed by atoms with E-state index < -0.39 is 0 Å². The number of ether oxygens (including phenoxy) is 1. The Kier molecular flexibility index (Phi) is 5.21. The quantitative estimate of drug-likeness (QED) is 0.855. The summed E-state index contributed by atoms with van der Waals surface area (Å²) in [6.07, 6.45) is 2.51. The maximum absolute atomic E-state index is 12.1. The Bertz CT molecular complexity index is 679. The molecule has 24 heavy (non-hydrogen) atoms. The number of hydrogen-bond donors (Lipinski definition) is 2. The zero-order chi connectivity index (χ0) is 16.8. The van der Waals surface area contributed by atoms with Gasteiger partial charge in [-0.05, 0) is 49.2 Å². The van der Waals surface area contributed by atoms with Gasteiger partial charge in [0.05, 0.1) is 19.3 Å². The van der Waals surface area contributed by atoms with Gasteiger partial charge in [0.25, 0.3) is 0 Å². The molecule has 1 fully saturated rings. The second kappa shape index (κ2) is 7.73. The average Bonchev–Trinajstić information content (AvgIpc) is 3.15. The molecule has 2 aromatic rings. The van der Waals surface area contributed by atoms with Gasteiger partial charge in [-0.1, -0.05) is 12.1 Å². The smallest absolute Gasteiger partial charge is 0.243 e. The summed E-state index contributed by atoms with van der Waals surface area (Å²) in [5.41, 5.74) is 2.84. The predicted octanol–water partition coefficient (Wildman–Crippen LogP) is 3.35. The van der Waals surface area contributed by atoms with Crippen molar-refractivity contribution in [3.05, 3.63) is 48.5 Å². The van der Waals surface area contributed by atoms with Gasteiger partial charge < -0.3 is 20.3 Å². The Balaban J connectivity index is 1.53. The fourth-order valence-corrected chi connectivity index (χ4v) is 2.90. The standard InChI is InChI=1S/C19H23N3O2/c1-24-18-7-3-2-6-17(18)20-14-19(23)21-15-8-10-16(11-9-15)22-12-4-5-13-22/h2-3,6-11,20H,4-5,12-14H2,1H3,(H,21,23). The number of hydrogen-bond acceptors (Lipinski definition) is 4. The molecule has 5 nitrogen and oxygen atoms in total. The molecular weight excluding hydrogens is 302 g/mol. The second-order valence-corrected chi connectivity index (χ2v) is 5.84. The zero-order valence-corrected chi connectivity index (χ0v) is 13.9. The van der Waals surface area contributed by atoms with Crippen LogP contribution in [0.25, 0.3) is 0 Å². The lowest BCUT2D eigenvalue weighted by Crippen LogP contribution is -2.22. The molecule has 0 aliphatic carbocycles. The SMILES string of the molecule is COc1ccccc1NCC(=O)Nc1ccc(N2CCCC2)cc1. The first-order chi connectivity index (χ1) is 11.8. The zero-order valence-electron chi connectivity index (χ0n) is 13.9. The molecule has 0 spiro atoms. The summed E-state index contributed by atoms with van der Waals surface area (Å²) in [7, 11) is 1.61. The van der Waals surface area contributed by atoms with Crippen molar-refractivity contribution >= 4 is 23.0 Å². The van der Waals surface area contributed by atoms with E-state index in [2.05, 4.69) is 27.7 Å². The van der Waals surface area contributed by atoms with Crippen molar-refractivity contribution < 1.29 is 9.53 Å². The molecule has 0 saturated carbocycles. The van der Waals surface area contributed by atoms with Crippen LogP contribution in [0.15, 0.2) is 48.5 Å². The average molecular weight is 325 g/mol. The minimum atomic E-state index is -0.0881. The number of methoxy groups -OCH3 is 1. The van der Waals surface area contributed by atoms with E-state index in [1.165, 1.54) is 18.5 Å². The third kappa shape index (κ3) is 3.98. The fourth-order valence-electron chi connectivity index (χ4n) is 2.90. The van der Waals surface area contributed by atoms with Crippen molar-refractivity contribution in [1.29, 1.82) is 0 Å². The third-order valence-electron chi connectivity index (χ3n) is 4.17. The summed E-state index contributed by atoms with van der Waals surface area (Å²) in [5.74, 6) is 0.634. The Labute approximate surface area is 142 Å². The molecule has 126 valence electrons. The highest BCUT2D eigenvalue weighted by Gasteiger charge is 2.12. The van der Waals surface area contributed by atoms with Crippen LogP contribution in [0, 0.1) is 0 Å². The Morgan fingerprint density at radius 2 is 1.79 bits per heavy atom. The third-order valence-corrected chi connectivity index (χ3v) is 4.17. The molecule has 5 heteroatoms. The van der Waals surface area contributed by atoms with Gasteiger partial charge in [-0.2, -0.15) is 0 Å².